The number of nitrogens with one attached hydrogen (secondary N) is 1. The lowest BCUT2D eigenvalue weighted by molar-refractivity contribution is -0.302. The number of ether oxygens (including phenoxy) is 2. The van der Waals surface area contributed by atoms with Crippen molar-refractivity contribution in [3.63, 3.8) is 0 Å². The topological polar surface area (TPSA) is 149 Å². The van der Waals surface area contributed by atoms with E-state index in [-0.39, 0.29) is 12.5 Å². The van der Waals surface area contributed by atoms with Gasteiger partial charge in [0.15, 0.2) is 6.29 Å². The monoisotopic (exact) mass is 874 g/mol. The lowest BCUT2D eigenvalue weighted by atomic mass is 9.99. The van der Waals surface area contributed by atoms with Crippen molar-refractivity contribution < 1.29 is 39.8 Å². The maximum Gasteiger partial charge on any atom is 0.220 e. The standard InChI is InChI=1S/C53H95NO8/c1-3-5-7-9-11-13-15-17-19-20-21-22-23-24-25-26-27-29-30-32-34-36-38-40-42-47(56)46(45-61-53-52(60)51(59)50(58)48(44-55)62-53)54-49(57)43-41-39-37-35-33-31-28-18-16-14-12-10-8-6-4-2/h12,14,18,26-28,32,34,40,42,46-48,50-53,55-56,58-60H,3-11,13,15-17,19-25,29-31,33,35-39,41,43-45H2,1-2H3,(H,54,57)/b14-12-,27-26+,28-18-,34-32+,42-40+. The highest BCUT2D eigenvalue weighted by Crippen LogP contribution is 2.22. The number of hydrogen-bond acceptors (Lipinski definition) is 8. The van der Waals surface area contributed by atoms with Crippen molar-refractivity contribution >= 4 is 5.91 Å². The van der Waals surface area contributed by atoms with Crippen molar-refractivity contribution in [1.82, 2.24) is 5.32 Å². The van der Waals surface area contributed by atoms with Crippen LogP contribution in [0.4, 0.5) is 0 Å². The number of aliphatic hydroxyl groups is 5. The summed E-state index contributed by atoms with van der Waals surface area (Å²) in [6.07, 6.45) is 49.9. The quantitative estimate of drug-likeness (QED) is 0.0262. The molecule has 7 atom stereocenters. The van der Waals surface area contributed by atoms with E-state index in [1.807, 2.05) is 6.08 Å². The van der Waals surface area contributed by atoms with E-state index in [1.165, 1.54) is 122 Å². The molecule has 0 aromatic carbocycles. The Kier molecular flexibility index (Phi) is 40.0. The molecule has 1 saturated heterocycles. The minimum absolute atomic E-state index is 0.206. The maximum absolute atomic E-state index is 13.0. The number of allylic oxidation sites excluding steroid dienone is 9. The number of aliphatic hydroxyl groups excluding tert-OH is 5. The molecule has 62 heavy (non-hydrogen) atoms. The Morgan fingerprint density at radius 3 is 1.48 bits per heavy atom. The molecule has 1 heterocycles. The molecule has 7 unspecified atom stereocenters. The van der Waals surface area contributed by atoms with E-state index in [2.05, 4.69) is 67.8 Å². The van der Waals surface area contributed by atoms with Gasteiger partial charge in [0.1, 0.15) is 24.4 Å². The van der Waals surface area contributed by atoms with Crippen LogP contribution in [0.3, 0.4) is 0 Å². The molecule has 6 N–H and O–H groups in total. The van der Waals surface area contributed by atoms with Crippen LogP contribution in [0, 0.1) is 0 Å². The number of unbranched alkanes of at least 4 members (excludes halogenated alkanes) is 24. The fourth-order valence-corrected chi connectivity index (χ4v) is 7.69. The van der Waals surface area contributed by atoms with Crippen LogP contribution in [0.2, 0.25) is 0 Å². The maximum atomic E-state index is 13.0. The molecule has 1 aliphatic heterocycles. The number of carbonyl (C=O) groups excluding carboxylic acids is 1. The van der Waals surface area contributed by atoms with Gasteiger partial charge in [-0.3, -0.25) is 4.79 Å². The van der Waals surface area contributed by atoms with E-state index in [1.54, 1.807) is 6.08 Å². The van der Waals surface area contributed by atoms with Gasteiger partial charge >= 0.3 is 0 Å². The Bertz CT molecular complexity index is 1150. The van der Waals surface area contributed by atoms with Gasteiger partial charge in [-0.05, 0) is 77.0 Å². The van der Waals surface area contributed by atoms with E-state index in [4.69, 9.17) is 9.47 Å². The summed E-state index contributed by atoms with van der Waals surface area (Å²) in [4.78, 5) is 13.0. The van der Waals surface area contributed by atoms with E-state index < -0.39 is 49.5 Å². The van der Waals surface area contributed by atoms with Gasteiger partial charge in [0, 0.05) is 6.42 Å². The summed E-state index contributed by atoms with van der Waals surface area (Å²) >= 11 is 0. The predicted molar refractivity (Wildman–Crippen MR) is 258 cm³/mol. The van der Waals surface area contributed by atoms with Gasteiger partial charge < -0.3 is 40.3 Å². The van der Waals surface area contributed by atoms with Crippen LogP contribution in [0.25, 0.3) is 0 Å². The zero-order valence-corrected chi connectivity index (χ0v) is 39.6. The highest BCUT2D eigenvalue weighted by Gasteiger charge is 2.44. The molecule has 360 valence electrons. The van der Waals surface area contributed by atoms with Gasteiger partial charge in [0.25, 0.3) is 0 Å². The molecule has 1 aliphatic rings. The third kappa shape index (κ3) is 32.5. The van der Waals surface area contributed by atoms with E-state index >= 15 is 0 Å². The molecule has 1 fully saturated rings. The number of carbonyl (C=O) groups is 1. The fourth-order valence-electron chi connectivity index (χ4n) is 7.69. The van der Waals surface area contributed by atoms with Crippen LogP contribution in [-0.4, -0.2) is 87.5 Å². The summed E-state index contributed by atoms with van der Waals surface area (Å²) in [5.41, 5.74) is 0. The van der Waals surface area contributed by atoms with Crippen LogP contribution in [0.15, 0.2) is 60.8 Å². The Morgan fingerprint density at radius 1 is 0.548 bits per heavy atom. The van der Waals surface area contributed by atoms with E-state index in [0.717, 1.165) is 70.6 Å². The van der Waals surface area contributed by atoms with E-state index in [0.29, 0.717) is 6.42 Å². The van der Waals surface area contributed by atoms with Gasteiger partial charge in [0.2, 0.25) is 5.91 Å². The Morgan fingerprint density at radius 2 is 0.968 bits per heavy atom. The summed E-state index contributed by atoms with van der Waals surface area (Å²) in [6, 6.07) is -0.837. The predicted octanol–water partition coefficient (Wildman–Crippen LogP) is 11.6. The zero-order valence-electron chi connectivity index (χ0n) is 39.6. The molecule has 9 heteroatoms. The molecular formula is C53H95NO8. The van der Waals surface area contributed by atoms with Crippen molar-refractivity contribution in [3.05, 3.63) is 60.8 Å². The molecule has 0 bridgehead atoms. The zero-order chi connectivity index (χ0) is 45.1. The molecule has 1 rings (SSSR count). The second-order valence-electron chi connectivity index (χ2n) is 17.6. The lowest BCUT2D eigenvalue weighted by Gasteiger charge is -2.40. The van der Waals surface area contributed by atoms with Gasteiger partial charge in [-0.25, -0.2) is 0 Å². The third-order valence-electron chi connectivity index (χ3n) is 11.8. The van der Waals surface area contributed by atoms with Crippen molar-refractivity contribution in [2.24, 2.45) is 0 Å². The van der Waals surface area contributed by atoms with Gasteiger partial charge in [-0.15, -0.1) is 0 Å². The summed E-state index contributed by atoms with van der Waals surface area (Å²) < 4.78 is 11.2. The Hall–Kier alpha value is -2.11. The summed E-state index contributed by atoms with van der Waals surface area (Å²) in [5.74, 6) is -0.206. The van der Waals surface area contributed by atoms with Crippen LogP contribution < -0.4 is 5.32 Å². The Labute approximate surface area is 379 Å². The average molecular weight is 874 g/mol. The first-order valence-electron chi connectivity index (χ1n) is 25.5. The molecule has 0 radical (unpaired) electrons. The fraction of sp³-hybridized carbons (Fsp3) is 0.792. The molecule has 0 aliphatic carbocycles. The number of hydrogen-bond donors (Lipinski definition) is 6. The van der Waals surface area contributed by atoms with Crippen LogP contribution >= 0.6 is 0 Å². The first-order valence-corrected chi connectivity index (χ1v) is 25.5. The summed E-state index contributed by atoms with van der Waals surface area (Å²) in [7, 11) is 0. The lowest BCUT2D eigenvalue weighted by Crippen LogP contribution is -2.60. The number of amides is 1. The SMILES string of the molecule is CCCCC/C=C\C/C=C\CCCCCCCC(=O)NC(COC1OC(CO)C(O)C(O)C1O)C(O)/C=C/CC/C=C/CC/C=C/CCCCCCCCCCCCCCCC. The highest BCUT2D eigenvalue weighted by molar-refractivity contribution is 5.76. The van der Waals surface area contributed by atoms with Gasteiger partial charge in [-0.2, -0.15) is 0 Å². The molecule has 0 aromatic rings. The minimum atomic E-state index is -1.58. The largest absolute Gasteiger partial charge is 0.394 e. The third-order valence-corrected chi connectivity index (χ3v) is 11.8. The van der Waals surface area contributed by atoms with Crippen LogP contribution in [0.1, 0.15) is 213 Å². The molecule has 1 amide bonds. The molecule has 0 aromatic heterocycles. The van der Waals surface area contributed by atoms with Crippen molar-refractivity contribution in [2.45, 2.75) is 256 Å². The molecule has 0 saturated carbocycles. The second kappa shape index (κ2) is 42.8. The van der Waals surface area contributed by atoms with Gasteiger partial charge in [-0.1, -0.05) is 190 Å². The smallest absolute Gasteiger partial charge is 0.220 e. The number of rotatable bonds is 42. The minimum Gasteiger partial charge on any atom is -0.394 e. The van der Waals surface area contributed by atoms with Crippen molar-refractivity contribution in [2.75, 3.05) is 13.2 Å². The van der Waals surface area contributed by atoms with Crippen molar-refractivity contribution in [3.8, 4) is 0 Å². The van der Waals surface area contributed by atoms with Crippen molar-refractivity contribution in [1.29, 1.82) is 0 Å². The normalized spacial score (nSPS) is 20.8. The first kappa shape index (κ1) is 57.9. The second-order valence-corrected chi connectivity index (χ2v) is 17.6. The van der Waals surface area contributed by atoms with E-state index in [9.17, 15) is 30.3 Å². The van der Waals surface area contributed by atoms with Gasteiger partial charge in [0.05, 0.1) is 25.4 Å². The first-order chi connectivity index (χ1) is 30.3. The Balaban J connectivity index is 2.34. The molecule has 9 nitrogen and oxygen atoms in total. The van der Waals surface area contributed by atoms with Crippen LogP contribution in [0.5, 0.6) is 0 Å². The average Bonchev–Trinajstić information content (AvgIpc) is 3.27. The molecular weight excluding hydrogens is 779 g/mol. The van der Waals surface area contributed by atoms with Crippen LogP contribution in [-0.2, 0) is 14.3 Å². The highest BCUT2D eigenvalue weighted by atomic mass is 16.7. The molecule has 0 spiro atoms. The summed E-state index contributed by atoms with van der Waals surface area (Å²) in [5, 5.41) is 54.3. The summed E-state index contributed by atoms with van der Waals surface area (Å²) in [6.45, 7) is 3.72.